The third-order valence-corrected chi connectivity index (χ3v) is 3.48. The van der Waals surface area contributed by atoms with Gasteiger partial charge in [0.2, 0.25) is 0 Å². The summed E-state index contributed by atoms with van der Waals surface area (Å²) in [5.41, 5.74) is 0.863. The van der Waals surface area contributed by atoms with Gasteiger partial charge in [-0.05, 0) is 19.8 Å². The molecule has 2 heterocycles. The van der Waals surface area contributed by atoms with E-state index in [4.69, 9.17) is 11.6 Å². The average molecular weight is 279 g/mol. The Morgan fingerprint density at radius 3 is 2.84 bits per heavy atom. The highest BCUT2D eigenvalue weighted by molar-refractivity contribution is 6.30. The van der Waals surface area contributed by atoms with Crippen molar-refractivity contribution in [3.8, 4) is 0 Å². The van der Waals surface area contributed by atoms with Crippen molar-refractivity contribution in [1.82, 2.24) is 24.7 Å². The molecule has 1 fully saturated rings. The van der Waals surface area contributed by atoms with Crippen LogP contribution in [-0.2, 0) is 13.6 Å². The zero-order valence-corrected chi connectivity index (χ0v) is 11.6. The molecule has 7 heteroatoms. The minimum Gasteiger partial charge on any atom is -0.362 e. The number of anilines is 1. The van der Waals surface area contributed by atoms with Crippen LogP contribution in [0.2, 0.25) is 5.15 Å². The third-order valence-electron chi connectivity index (χ3n) is 3.11. The number of aryl methyl sites for hydroxylation is 1. The summed E-state index contributed by atoms with van der Waals surface area (Å²) in [5.74, 6) is 2.82. The third kappa shape index (κ3) is 2.68. The first-order chi connectivity index (χ1) is 9.13. The Kier molecular flexibility index (Phi) is 3.10. The van der Waals surface area contributed by atoms with Gasteiger partial charge in [-0.15, -0.1) is 0 Å². The molecule has 3 rings (SSSR count). The molecule has 0 bridgehead atoms. The number of halogens is 1. The molecule has 0 spiro atoms. The minimum atomic E-state index is 0.478. The molecule has 2 aromatic heterocycles. The fraction of sp³-hybridized carbons (Fsp3) is 0.500. The fourth-order valence-electron chi connectivity index (χ4n) is 1.83. The topological polar surface area (TPSA) is 68.5 Å². The second-order valence-corrected chi connectivity index (χ2v) is 5.17. The van der Waals surface area contributed by atoms with E-state index in [1.54, 1.807) is 11.0 Å². The highest BCUT2D eigenvalue weighted by Gasteiger charge is 2.28. The van der Waals surface area contributed by atoms with Crippen LogP contribution in [0.1, 0.15) is 36.0 Å². The van der Waals surface area contributed by atoms with Crippen LogP contribution in [0.15, 0.2) is 6.33 Å². The van der Waals surface area contributed by atoms with Crippen molar-refractivity contribution in [3.05, 3.63) is 28.7 Å². The Balaban J connectivity index is 1.79. The van der Waals surface area contributed by atoms with E-state index in [9.17, 15) is 0 Å². The maximum Gasteiger partial charge on any atom is 0.169 e. The zero-order chi connectivity index (χ0) is 13.4. The largest absolute Gasteiger partial charge is 0.362 e. The second kappa shape index (κ2) is 4.77. The molecule has 1 aliphatic carbocycles. The lowest BCUT2D eigenvalue weighted by Gasteiger charge is -2.09. The van der Waals surface area contributed by atoms with Gasteiger partial charge in [-0.25, -0.2) is 15.0 Å². The van der Waals surface area contributed by atoms with E-state index in [2.05, 4.69) is 25.4 Å². The Hall–Kier alpha value is -1.69. The van der Waals surface area contributed by atoms with E-state index in [1.165, 1.54) is 0 Å². The van der Waals surface area contributed by atoms with Gasteiger partial charge in [0, 0.05) is 18.5 Å². The summed E-state index contributed by atoms with van der Waals surface area (Å²) in [7, 11) is 1.84. The number of nitrogens with zero attached hydrogens (tertiary/aromatic N) is 5. The van der Waals surface area contributed by atoms with Crippen molar-refractivity contribution < 1.29 is 0 Å². The van der Waals surface area contributed by atoms with Crippen molar-refractivity contribution >= 4 is 17.4 Å². The lowest BCUT2D eigenvalue weighted by Crippen LogP contribution is -2.08. The van der Waals surface area contributed by atoms with Crippen LogP contribution in [0.25, 0.3) is 0 Å². The van der Waals surface area contributed by atoms with Gasteiger partial charge in [-0.2, -0.15) is 5.10 Å². The van der Waals surface area contributed by atoms with Gasteiger partial charge in [-0.1, -0.05) is 11.6 Å². The van der Waals surface area contributed by atoms with Crippen molar-refractivity contribution in [2.45, 2.75) is 32.2 Å². The molecular formula is C12H15ClN6. The van der Waals surface area contributed by atoms with Gasteiger partial charge < -0.3 is 5.32 Å². The molecule has 1 aliphatic rings. The number of aromatic nitrogens is 5. The maximum absolute atomic E-state index is 6.15. The first-order valence-electron chi connectivity index (χ1n) is 6.26. The molecule has 0 aromatic carbocycles. The lowest BCUT2D eigenvalue weighted by atomic mass is 10.3. The molecule has 2 aromatic rings. The summed E-state index contributed by atoms with van der Waals surface area (Å²) >= 11 is 6.15. The summed E-state index contributed by atoms with van der Waals surface area (Å²) in [4.78, 5) is 13.0. The van der Waals surface area contributed by atoms with E-state index < -0.39 is 0 Å². The molecule has 0 amide bonds. The lowest BCUT2D eigenvalue weighted by molar-refractivity contribution is 0.746. The van der Waals surface area contributed by atoms with Crippen LogP contribution in [0.5, 0.6) is 0 Å². The van der Waals surface area contributed by atoms with Crippen LogP contribution in [0.4, 0.5) is 5.82 Å². The predicted octanol–water partition coefficient (Wildman–Crippen LogP) is 2.06. The Morgan fingerprint density at radius 1 is 1.42 bits per heavy atom. The van der Waals surface area contributed by atoms with Crippen LogP contribution in [-0.4, -0.2) is 24.7 Å². The second-order valence-electron chi connectivity index (χ2n) is 4.81. The SMILES string of the molecule is Cc1c(Cl)nc(C2CC2)nc1NCc1ncn(C)n1. The highest BCUT2D eigenvalue weighted by Crippen LogP contribution is 2.39. The van der Waals surface area contributed by atoms with E-state index in [0.29, 0.717) is 17.6 Å². The minimum absolute atomic E-state index is 0.478. The maximum atomic E-state index is 6.15. The van der Waals surface area contributed by atoms with E-state index >= 15 is 0 Å². The van der Waals surface area contributed by atoms with Crippen molar-refractivity contribution in [2.75, 3.05) is 5.32 Å². The van der Waals surface area contributed by atoms with Crippen molar-refractivity contribution in [1.29, 1.82) is 0 Å². The summed E-state index contributed by atoms with van der Waals surface area (Å²) in [6.45, 7) is 2.44. The molecular weight excluding hydrogens is 264 g/mol. The monoisotopic (exact) mass is 278 g/mol. The molecule has 19 heavy (non-hydrogen) atoms. The normalized spacial score (nSPS) is 14.7. The molecule has 0 aliphatic heterocycles. The number of nitrogens with one attached hydrogen (secondary N) is 1. The summed E-state index contributed by atoms with van der Waals surface area (Å²) in [6.07, 6.45) is 3.98. The first kappa shape index (κ1) is 12.3. The fourth-order valence-corrected chi connectivity index (χ4v) is 2.01. The molecule has 1 saturated carbocycles. The molecule has 100 valence electrons. The predicted molar refractivity (Wildman–Crippen MR) is 72.1 cm³/mol. The van der Waals surface area contributed by atoms with E-state index in [-0.39, 0.29) is 0 Å². The molecule has 6 nitrogen and oxygen atoms in total. The van der Waals surface area contributed by atoms with Crippen LogP contribution >= 0.6 is 11.6 Å². The molecule has 0 unspecified atom stereocenters. The molecule has 0 radical (unpaired) electrons. The van der Waals surface area contributed by atoms with Gasteiger partial charge in [-0.3, -0.25) is 4.68 Å². The van der Waals surface area contributed by atoms with Crippen molar-refractivity contribution in [2.24, 2.45) is 7.05 Å². The summed E-state index contributed by atoms with van der Waals surface area (Å²) in [5, 5.41) is 7.97. The van der Waals surface area contributed by atoms with Crippen LogP contribution < -0.4 is 5.32 Å². The van der Waals surface area contributed by atoms with Crippen molar-refractivity contribution in [3.63, 3.8) is 0 Å². The Morgan fingerprint density at radius 2 is 2.21 bits per heavy atom. The van der Waals surface area contributed by atoms with Gasteiger partial charge >= 0.3 is 0 Å². The summed E-state index contributed by atoms with van der Waals surface area (Å²) < 4.78 is 1.67. The van der Waals surface area contributed by atoms with Crippen LogP contribution in [0, 0.1) is 6.92 Å². The van der Waals surface area contributed by atoms with Gasteiger partial charge in [0.15, 0.2) is 5.82 Å². The van der Waals surface area contributed by atoms with Gasteiger partial charge in [0.05, 0.1) is 6.54 Å². The number of hydrogen-bond donors (Lipinski definition) is 1. The smallest absolute Gasteiger partial charge is 0.169 e. The molecule has 0 atom stereocenters. The first-order valence-corrected chi connectivity index (χ1v) is 6.63. The summed E-state index contributed by atoms with van der Waals surface area (Å²) in [6, 6.07) is 0. The van der Waals surface area contributed by atoms with Crippen LogP contribution in [0.3, 0.4) is 0 Å². The highest BCUT2D eigenvalue weighted by atomic mass is 35.5. The Bertz CT molecular complexity index is 604. The number of rotatable bonds is 4. The van der Waals surface area contributed by atoms with Gasteiger partial charge in [0.1, 0.15) is 23.1 Å². The molecule has 0 saturated heterocycles. The quantitative estimate of drug-likeness (QED) is 0.867. The molecule has 1 N–H and O–H groups in total. The van der Waals surface area contributed by atoms with E-state index in [1.807, 2.05) is 14.0 Å². The average Bonchev–Trinajstić information content (AvgIpc) is 3.15. The van der Waals surface area contributed by atoms with Gasteiger partial charge in [0.25, 0.3) is 0 Å². The Labute approximate surface area is 116 Å². The zero-order valence-electron chi connectivity index (χ0n) is 10.9. The standard InChI is InChI=1S/C12H15ClN6/c1-7-10(13)16-12(8-3-4-8)17-11(7)14-5-9-15-6-19(2)18-9/h6,8H,3-5H2,1-2H3,(H,14,16,17). The number of hydrogen-bond acceptors (Lipinski definition) is 5. The van der Waals surface area contributed by atoms with E-state index in [0.717, 1.165) is 35.9 Å².